The summed E-state index contributed by atoms with van der Waals surface area (Å²) in [6, 6.07) is 0. The minimum Gasteiger partial charge on any atom is -0.359 e. The Morgan fingerprint density at radius 1 is 1.00 bits per heavy atom. The van der Waals surface area contributed by atoms with Crippen molar-refractivity contribution in [2.75, 3.05) is 34.2 Å². The maximum Gasteiger partial charge on any atom is 0.152 e. The van der Waals surface area contributed by atoms with Crippen LogP contribution in [-0.2, 0) is 18.9 Å². The summed E-state index contributed by atoms with van der Waals surface area (Å²) in [6.07, 6.45) is 3.21. The highest BCUT2D eigenvalue weighted by Gasteiger charge is 1.92. The van der Waals surface area contributed by atoms with E-state index in [1.807, 2.05) is 0 Å². The minimum absolute atomic E-state index is 0.149. The second kappa shape index (κ2) is 10.2. The molecule has 5 nitrogen and oxygen atoms in total. The fourth-order valence-electron chi connectivity index (χ4n) is 0.592. The summed E-state index contributed by atoms with van der Waals surface area (Å²) in [6.45, 7) is 8.00. The van der Waals surface area contributed by atoms with Crippen molar-refractivity contribution in [3.8, 4) is 0 Å². The Balaban J connectivity index is 3.12. The van der Waals surface area contributed by atoms with Crippen LogP contribution in [-0.4, -0.2) is 39.1 Å². The average molecular weight is 203 g/mol. The standard InChI is InChI=1S/C9H17NO4/c1-4-10(5-2)6-12-8-14-9-13-7-11-3/h4-5H,1-2,6-9H2,3H3. The molecule has 82 valence electrons. The SMILES string of the molecule is C=CN(C=C)COCOCOCOC. The van der Waals surface area contributed by atoms with Gasteiger partial charge in [0.25, 0.3) is 0 Å². The lowest BCUT2D eigenvalue weighted by atomic mass is 10.7. The van der Waals surface area contributed by atoms with Crippen molar-refractivity contribution in [3.63, 3.8) is 0 Å². The topological polar surface area (TPSA) is 40.2 Å². The van der Waals surface area contributed by atoms with Crippen LogP contribution in [0.2, 0.25) is 0 Å². The van der Waals surface area contributed by atoms with Crippen LogP contribution in [0.3, 0.4) is 0 Å². The number of ether oxygens (including phenoxy) is 4. The molecule has 14 heavy (non-hydrogen) atoms. The van der Waals surface area contributed by atoms with Gasteiger partial charge < -0.3 is 23.8 Å². The number of rotatable bonds is 10. The molecule has 0 aromatic rings. The molecule has 5 heteroatoms. The van der Waals surface area contributed by atoms with E-state index in [0.29, 0.717) is 6.73 Å². The number of hydrogen-bond acceptors (Lipinski definition) is 5. The fourth-order valence-corrected chi connectivity index (χ4v) is 0.592. The van der Waals surface area contributed by atoms with Gasteiger partial charge in [0.1, 0.15) is 13.5 Å². The minimum atomic E-state index is 0.149. The molecule has 0 fully saturated rings. The van der Waals surface area contributed by atoms with Crippen LogP contribution in [0.4, 0.5) is 0 Å². The van der Waals surface area contributed by atoms with Gasteiger partial charge in [0.15, 0.2) is 13.6 Å². The van der Waals surface area contributed by atoms with Gasteiger partial charge in [0.2, 0.25) is 0 Å². The Labute approximate surface area is 84.5 Å². The number of hydrogen-bond donors (Lipinski definition) is 0. The van der Waals surface area contributed by atoms with Crippen LogP contribution < -0.4 is 0 Å². The first-order valence-electron chi connectivity index (χ1n) is 4.08. The van der Waals surface area contributed by atoms with E-state index in [0.717, 1.165) is 0 Å². The van der Waals surface area contributed by atoms with E-state index in [1.165, 1.54) is 0 Å². The van der Waals surface area contributed by atoms with Crippen LogP contribution in [0.15, 0.2) is 25.6 Å². The third-order valence-corrected chi connectivity index (χ3v) is 1.24. The van der Waals surface area contributed by atoms with Crippen molar-refractivity contribution in [1.82, 2.24) is 4.90 Å². The summed E-state index contributed by atoms with van der Waals surface area (Å²) in [7, 11) is 1.54. The molecule has 0 aliphatic carbocycles. The molecular weight excluding hydrogens is 186 g/mol. The Bertz CT molecular complexity index is 144. The van der Waals surface area contributed by atoms with Gasteiger partial charge in [0.05, 0.1) is 0 Å². The van der Waals surface area contributed by atoms with E-state index < -0.39 is 0 Å². The summed E-state index contributed by atoms with van der Waals surface area (Å²) >= 11 is 0. The van der Waals surface area contributed by atoms with Gasteiger partial charge in [-0.3, -0.25) is 0 Å². The highest BCUT2D eigenvalue weighted by Crippen LogP contribution is 1.89. The molecule has 0 rings (SSSR count). The van der Waals surface area contributed by atoms with Crippen LogP contribution in [0, 0.1) is 0 Å². The smallest absolute Gasteiger partial charge is 0.152 e. The van der Waals surface area contributed by atoms with E-state index in [-0.39, 0.29) is 20.4 Å². The first kappa shape index (κ1) is 13.1. The first-order valence-corrected chi connectivity index (χ1v) is 4.08. The highest BCUT2D eigenvalue weighted by atomic mass is 16.8. The second-order valence-corrected chi connectivity index (χ2v) is 2.26. The molecule has 0 radical (unpaired) electrons. The van der Waals surface area contributed by atoms with Crippen LogP contribution in [0.25, 0.3) is 0 Å². The molecule has 0 spiro atoms. The van der Waals surface area contributed by atoms with E-state index in [9.17, 15) is 0 Å². The van der Waals surface area contributed by atoms with Crippen molar-refractivity contribution < 1.29 is 18.9 Å². The number of methoxy groups -OCH3 is 1. The molecule has 0 unspecified atom stereocenters. The van der Waals surface area contributed by atoms with Gasteiger partial charge in [-0.25, -0.2) is 0 Å². The first-order chi connectivity index (χ1) is 6.85. The maximum absolute atomic E-state index is 5.10. The maximum atomic E-state index is 5.10. The molecule has 0 aromatic heterocycles. The molecule has 0 saturated carbocycles. The zero-order valence-electron chi connectivity index (χ0n) is 8.48. The zero-order chi connectivity index (χ0) is 10.6. The van der Waals surface area contributed by atoms with E-state index >= 15 is 0 Å². The van der Waals surface area contributed by atoms with E-state index in [1.54, 1.807) is 24.4 Å². The quantitative estimate of drug-likeness (QED) is 0.393. The van der Waals surface area contributed by atoms with Crippen molar-refractivity contribution in [3.05, 3.63) is 25.6 Å². The van der Waals surface area contributed by atoms with Crippen molar-refractivity contribution in [2.24, 2.45) is 0 Å². The molecule has 0 atom stereocenters. The van der Waals surface area contributed by atoms with Gasteiger partial charge in [0, 0.05) is 7.11 Å². The van der Waals surface area contributed by atoms with Gasteiger partial charge in [-0.2, -0.15) is 0 Å². The summed E-state index contributed by atoms with van der Waals surface area (Å²) < 4.78 is 19.6. The number of nitrogens with zero attached hydrogens (tertiary/aromatic N) is 1. The predicted octanol–water partition coefficient (Wildman–Crippen LogP) is 1.10. The zero-order valence-corrected chi connectivity index (χ0v) is 8.48. The summed E-state index contributed by atoms with van der Waals surface area (Å²) in [4.78, 5) is 1.68. The van der Waals surface area contributed by atoms with Crippen LogP contribution in [0.1, 0.15) is 0 Å². The molecular formula is C9H17NO4. The Morgan fingerprint density at radius 2 is 1.57 bits per heavy atom. The van der Waals surface area contributed by atoms with Crippen LogP contribution in [0.5, 0.6) is 0 Å². The Morgan fingerprint density at radius 3 is 2.14 bits per heavy atom. The van der Waals surface area contributed by atoms with E-state index in [4.69, 9.17) is 14.2 Å². The van der Waals surface area contributed by atoms with E-state index in [2.05, 4.69) is 17.9 Å². The lowest BCUT2D eigenvalue weighted by Gasteiger charge is -2.14. The summed E-state index contributed by atoms with van der Waals surface area (Å²) in [5.74, 6) is 0. The van der Waals surface area contributed by atoms with Gasteiger partial charge in [-0.05, 0) is 12.4 Å². The Kier molecular flexibility index (Phi) is 9.56. The van der Waals surface area contributed by atoms with Crippen LogP contribution >= 0.6 is 0 Å². The molecule has 0 aromatic carbocycles. The molecule has 0 aliphatic rings. The third kappa shape index (κ3) is 7.75. The summed E-state index contributed by atoms with van der Waals surface area (Å²) in [5.41, 5.74) is 0. The lowest BCUT2D eigenvalue weighted by Crippen LogP contribution is -2.15. The lowest BCUT2D eigenvalue weighted by molar-refractivity contribution is -0.169. The second-order valence-electron chi connectivity index (χ2n) is 2.26. The summed E-state index contributed by atoms with van der Waals surface area (Å²) in [5, 5.41) is 0. The highest BCUT2D eigenvalue weighted by molar-refractivity contribution is 4.77. The third-order valence-electron chi connectivity index (χ3n) is 1.24. The average Bonchev–Trinajstić information content (AvgIpc) is 2.22. The van der Waals surface area contributed by atoms with Crippen molar-refractivity contribution >= 4 is 0 Å². The van der Waals surface area contributed by atoms with Gasteiger partial charge in [-0.1, -0.05) is 13.2 Å². The normalized spacial score (nSPS) is 9.79. The molecule has 0 N–H and O–H groups in total. The molecule has 0 saturated heterocycles. The monoisotopic (exact) mass is 203 g/mol. The largest absolute Gasteiger partial charge is 0.359 e. The molecule has 0 aliphatic heterocycles. The fraction of sp³-hybridized carbons (Fsp3) is 0.556. The Hall–Kier alpha value is -0.880. The predicted molar refractivity (Wildman–Crippen MR) is 52.0 cm³/mol. The van der Waals surface area contributed by atoms with Crippen molar-refractivity contribution in [1.29, 1.82) is 0 Å². The molecule has 0 bridgehead atoms. The van der Waals surface area contributed by atoms with Crippen molar-refractivity contribution in [2.45, 2.75) is 0 Å². The van der Waals surface area contributed by atoms with Gasteiger partial charge >= 0.3 is 0 Å². The van der Waals surface area contributed by atoms with Gasteiger partial charge in [-0.15, -0.1) is 0 Å². The molecule has 0 heterocycles. The molecule has 0 amide bonds.